The van der Waals surface area contributed by atoms with Gasteiger partial charge in [-0.2, -0.15) is 0 Å². The Kier molecular flexibility index (Phi) is 6.80. The van der Waals surface area contributed by atoms with Crippen molar-refractivity contribution in [1.82, 2.24) is 10.2 Å². The predicted octanol–water partition coefficient (Wildman–Crippen LogP) is 0.930. The molecule has 0 bridgehead atoms. The Bertz CT molecular complexity index is 424. The van der Waals surface area contributed by atoms with Crippen LogP contribution in [0.1, 0.15) is 46.5 Å². The zero-order chi connectivity index (χ0) is 16.9. The number of hydrogen-bond acceptors (Lipinski definition) is 4. The summed E-state index contributed by atoms with van der Waals surface area (Å²) in [5.41, 5.74) is 0. The van der Waals surface area contributed by atoms with Gasteiger partial charge in [-0.3, -0.25) is 14.9 Å². The number of nitrogens with zero attached hydrogens (tertiary/aromatic N) is 1. The maximum absolute atomic E-state index is 12.4. The zero-order valence-electron chi connectivity index (χ0n) is 13.4. The van der Waals surface area contributed by atoms with E-state index in [4.69, 9.17) is 5.11 Å². The number of carbonyl (C=O) groups excluding carboxylic acids is 1. The molecule has 0 spiro atoms. The maximum Gasteiger partial charge on any atom is 0.326 e. The third kappa shape index (κ3) is 4.98. The molecule has 22 heavy (non-hydrogen) atoms. The number of carboxylic acid groups (broad SMARTS) is 2. The van der Waals surface area contributed by atoms with E-state index in [0.29, 0.717) is 31.7 Å². The molecule has 1 fully saturated rings. The standard InChI is InChI=1S/C15H26N2O5/c1-9(2)6-7-11(14(19)20)16-10(3)13(18)17-8-4-5-12(17)15(21)22/h9-12,16H,4-8H2,1-3H3,(H,19,20)(H,21,22). The molecule has 1 aliphatic heterocycles. The smallest absolute Gasteiger partial charge is 0.326 e. The first-order valence-electron chi connectivity index (χ1n) is 7.76. The van der Waals surface area contributed by atoms with E-state index in [9.17, 15) is 19.5 Å². The molecule has 1 rings (SSSR count). The molecule has 0 aromatic rings. The third-order valence-corrected chi connectivity index (χ3v) is 3.97. The van der Waals surface area contributed by atoms with Crippen molar-refractivity contribution in [1.29, 1.82) is 0 Å². The lowest BCUT2D eigenvalue weighted by atomic mass is 10.0. The fraction of sp³-hybridized carbons (Fsp3) is 0.800. The fourth-order valence-electron chi connectivity index (χ4n) is 2.69. The van der Waals surface area contributed by atoms with Crippen LogP contribution < -0.4 is 5.32 Å². The SMILES string of the molecule is CC(C)CCC(NC(C)C(=O)N1CCCC1C(=O)O)C(=O)O. The first-order chi connectivity index (χ1) is 10.2. The molecule has 1 aliphatic rings. The van der Waals surface area contributed by atoms with E-state index in [-0.39, 0.29) is 5.91 Å². The van der Waals surface area contributed by atoms with Crippen molar-refractivity contribution < 1.29 is 24.6 Å². The highest BCUT2D eigenvalue weighted by Crippen LogP contribution is 2.19. The van der Waals surface area contributed by atoms with Gasteiger partial charge in [-0.25, -0.2) is 4.79 Å². The summed E-state index contributed by atoms with van der Waals surface area (Å²) in [6.07, 6.45) is 2.29. The Labute approximate surface area is 130 Å². The Morgan fingerprint density at radius 1 is 1.18 bits per heavy atom. The average molecular weight is 314 g/mol. The molecule has 0 radical (unpaired) electrons. The third-order valence-electron chi connectivity index (χ3n) is 3.97. The zero-order valence-corrected chi connectivity index (χ0v) is 13.4. The summed E-state index contributed by atoms with van der Waals surface area (Å²) < 4.78 is 0. The minimum atomic E-state index is -1.01. The van der Waals surface area contributed by atoms with E-state index in [2.05, 4.69) is 5.32 Å². The van der Waals surface area contributed by atoms with E-state index < -0.39 is 30.1 Å². The fourth-order valence-corrected chi connectivity index (χ4v) is 2.69. The molecule has 1 amide bonds. The summed E-state index contributed by atoms with van der Waals surface area (Å²) in [5.74, 6) is -1.96. The van der Waals surface area contributed by atoms with E-state index in [0.717, 1.165) is 6.42 Å². The highest BCUT2D eigenvalue weighted by atomic mass is 16.4. The number of amides is 1. The van der Waals surface area contributed by atoms with Crippen LogP contribution in [0, 0.1) is 5.92 Å². The minimum Gasteiger partial charge on any atom is -0.480 e. The van der Waals surface area contributed by atoms with Crippen LogP contribution in [0.3, 0.4) is 0 Å². The molecule has 3 unspecified atom stereocenters. The second-order valence-corrected chi connectivity index (χ2v) is 6.28. The molecule has 0 aromatic heterocycles. The van der Waals surface area contributed by atoms with Crippen molar-refractivity contribution in [3.8, 4) is 0 Å². The molecule has 3 N–H and O–H groups in total. The number of hydrogen-bond donors (Lipinski definition) is 3. The van der Waals surface area contributed by atoms with Crippen LogP contribution in [-0.4, -0.2) is 57.6 Å². The van der Waals surface area contributed by atoms with Crippen LogP contribution >= 0.6 is 0 Å². The van der Waals surface area contributed by atoms with Crippen molar-refractivity contribution in [2.45, 2.75) is 64.6 Å². The van der Waals surface area contributed by atoms with Crippen molar-refractivity contribution in [2.24, 2.45) is 5.92 Å². The van der Waals surface area contributed by atoms with Gasteiger partial charge in [0.15, 0.2) is 0 Å². The van der Waals surface area contributed by atoms with Crippen LogP contribution in [0.5, 0.6) is 0 Å². The predicted molar refractivity (Wildman–Crippen MR) is 80.5 cm³/mol. The van der Waals surface area contributed by atoms with Crippen LogP contribution in [0.15, 0.2) is 0 Å². The molecule has 3 atom stereocenters. The number of likely N-dealkylation sites (tertiary alicyclic amines) is 1. The minimum absolute atomic E-state index is 0.347. The van der Waals surface area contributed by atoms with Crippen LogP contribution in [0.25, 0.3) is 0 Å². The van der Waals surface area contributed by atoms with Gasteiger partial charge in [-0.1, -0.05) is 13.8 Å². The number of nitrogens with one attached hydrogen (secondary N) is 1. The average Bonchev–Trinajstić information content (AvgIpc) is 2.91. The molecule has 1 heterocycles. The molecule has 0 aromatic carbocycles. The van der Waals surface area contributed by atoms with Crippen molar-refractivity contribution >= 4 is 17.8 Å². The molecule has 0 saturated carbocycles. The number of carboxylic acids is 2. The first kappa shape index (κ1) is 18.4. The number of carbonyl (C=O) groups is 3. The van der Waals surface area contributed by atoms with Crippen molar-refractivity contribution in [2.75, 3.05) is 6.54 Å². The van der Waals surface area contributed by atoms with Gasteiger partial charge in [0.1, 0.15) is 12.1 Å². The largest absolute Gasteiger partial charge is 0.480 e. The van der Waals surface area contributed by atoms with E-state index in [1.54, 1.807) is 6.92 Å². The van der Waals surface area contributed by atoms with E-state index >= 15 is 0 Å². The van der Waals surface area contributed by atoms with Crippen LogP contribution in [0.2, 0.25) is 0 Å². The normalized spacial score (nSPS) is 20.9. The van der Waals surface area contributed by atoms with E-state index in [1.165, 1.54) is 4.90 Å². The second-order valence-electron chi connectivity index (χ2n) is 6.28. The maximum atomic E-state index is 12.4. The van der Waals surface area contributed by atoms with Crippen LogP contribution in [0.4, 0.5) is 0 Å². The van der Waals surface area contributed by atoms with E-state index in [1.807, 2.05) is 13.8 Å². The Morgan fingerprint density at radius 3 is 2.32 bits per heavy atom. The first-order valence-corrected chi connectivity index (χ1v) is 7.76. The molecule has 7 heteroatoms. The summed E-state index contributed by atoms with van der Waals surface area (Å²) in [6.45, 7) is 6.01. The number of rotatable bonds is 8. The van der Waals surface area contributed by atoms with Gasteiger partial charge in [0.05, 0.1) is 6.04 Å². The molecular formula is C15H26N2O5. The van der Waals surface area contributed by atoms with Crippen LogP contribution in [-0.2, 0) is 14.4 Å². The lowest BCUT2D eigenvalue weighted by Crippen LogP contribution is -2.53. The molecule has 0 aliphatic carbocycles. The molecule has 1 saturated heterocycles. The molecular weight excluding hydrogens is 288 g/mol. The Hall–Kier alpha value is -1.63. The van der Waals surface area contributed by atoms with Gasteiger partial charge in [0.2, 0.25) is 5.91 Å². The van der Waals surface area contributed by atoms with Crippen molar-refractivity contribution in [3.63, 3.8) is 0 Å². The Balaban J connectivity index is 2.64. The van der Waals surface area contributed by atoms with Gasteiger partial charge >= 0.3 is 11.9 Å². The summed E-state index contributed by atoms with van der Waals surface area (Å²) >= 11 is 0. The van der Waals surface area contributed by atoms with Crippen molar-refractivity contribution in [3.05, 3.63) is 0 Å². The highest BCUT2D eigenvalue weighted by molar-refractivity contribution is 5.88. The number of aliphatic carboxylic acids is 2. The van der Waals surface area contributed by atoms with Gasteiger partial charge in [0, 0.05) is 6.54 Å². The topological polar surface area (TPSA) is 107 Å². The summed E-state index contributed by atoms with van der Waals surface area (Å²) in [6, 6.07) is -2.31. The van der Waals surface area contributed by atoms with Gasteiger partial charge in [-0.05, 0) is 38.5 Å². The molecule has 7 nitrogen and oxygen atoms in total. The highest BCUT2D eigenvalue weighted by Gasteiger charge is 2.36. The van der Waals surface area contributed by atoms with Gasteiger partial charge < -0.3 is 15.1 Å². The summed E-state index contributed by atoms with van der Waals surface area (Å²) in [5, 5.41) is 21.2. The lowest BCUT2D eigenvalue weighted by molar-refractivity contribution is -0.149. The lowest BCUT2D eigenvalue weighted by Gasteiger charge is -2.27. The summed E-state index contributed by atoms with van der Waals surface area (Å²) in [7, 11) is 0. The van der Waals surface area contributed by atoms with Gasteiger partial charge in [-0.15, -0.1) is 0 Å². The second kappa shape index (κ2) is 8.12. The summed E-state index contributed by atoms with van der Waals surface area (Å²) in [4.78, 5) is 36.1. The quantitative estimate of drug-likeness (QED) is 0.615. The Morgan fingerprint density at radius 2 is 1.82 bits per heavy atom. The van der Waals surface area contributed by atoms with Gasteiger partial charge in [0.25, 0.3) is 0 Å². The monoisotopic (exact) mass is 314 g/mol. The molecule has 126 valence electrons.